The molecule has 0 aromatic carbocycles. The first-order valence-electron chi connectivity index (χ1n) is 9.90. The maximum atomic E-state index is 13.8. The molecule has 1 saturated heterocycles. The van der Waals surface area contributed by atoms with Crippen molar-refractivity contribution in [1.29, 1.82) is 0 Å². The quantitative estimate of drug-likeness (QED) is 0.729. The molecule has 3 fully saturated rings. The number of hydrogen-bond donors (Lipinski definition) is 2. The molecule has 5 nitrogen and oxygen atoms in total. The number of amides is 1. The van der Waals surface area contributed by atoms with Gasteiger partial charge in [0.1, 0.15) is 0 Å². The molecule has 3 rings (SSSR count). The van der Waals surface area contributed by atoms with Crippen LogP contribution >= 0.6 is 0 Å². The Balaban J connectivity index is 1.60. The molecule has 3 aliphatic rings. The highest BCUT2D eigenvalue weighted by atomic mass is 19.4. The fourth-order valence-electron chi connectivity index (χ4n) is 5.10. The smallest absolute Gasteiger partial charge is 0.379 e. The summed E-state index contributed by atoms with van der Waals surface area (Å²) in [6.45, 7) is 2.39. The number of halogens is 3. The summed E-state index contributed by atoms with van der Waals surface area (Å²) in [5.74, 6) is 0.196. The Morgan fingerprint density at radius 1 is 1.26 bits per heavy atom. The number of nitrogens with one attached hydrogen (secondary N) is 1. The van der Waals surface area contributed by atoms with Crippen molar-refractivity contribution in [3.8, 4) is 0 Å². The highest BCUT2D eigenvalue weighted by molar-refractivity contribution is 5.77. The van der Waals surface area contributed by atoms with Gasteiger partial charge in [-0.2, -0.15) is 13.2 Å². The number of hydrogen-bond acceptors (Lipinski definition) is 4. The van der Waals surface area contributed by atoms with Gasteiger partial charge in [-0.3, -0.25) is 4.79 Å². The molecule has 2 saturated carbocycles. The van der Waals surface area contributed by atoms with Crippen molar-refractivity contribution in [3.63, 3.8) is 0 Å². The summed E-state index contributed by atoms with van der Waals surface area (Å²) in [4.78, 5) is 11.5. The first-order valence-corrected chi connectivity index (χ1v) is 9.90. The molecule has 1 amide bonds. The van der Waals surface area contributed by atoms with Crippen molar-refractivity contribution < 1.29 is 27.4 Å². The largest absolute Gasteiger partial charge is 0.417 e. The van der Waals surface area contributed by atoms with E-state index in [1.54, 1.807) is 6.92 Å². The van der Waals surface area contributed by atoms with Crippen molar-refractivity contribution in [1.82, 2.24) is 5.32 Å². The molecule has 8 heteroatoms. The maximum absolute atomic E-state index is 13.8. The first-order chi connectivity index (χ1) is 12.6. The van der Waals surface area contributed by atoms with Gasteiger partial charge in [-0.25, -0.2) is 0 Å². The number of methoxy groups -OCH3 is 1. The predicted octanol–water partition coefficient (Wildman–Crippen LogP) is 2.77. The molecular weight excluding hydrogens is 361 g/mol. The number of rotatable bonds is 6. The Kier molecular flexibility index (Phi) is 5.81. The number of alkyl halides is 3. The van der Waals surface area contributed by atoms with Crippen molar-refractivity contribution in [3.05, 3.63) is 0 Å². The second kappa shape index (κ2) is 7.52. The Morgan fingerprint density at radius 2 is 1.93 bits per heavy atom. The molecule has 1 heterocycles. The number of primary amides is 1. The van der Waals surface area contributed by atoms with Crippen LogP contribution in [-0.4, -0.2) is 49.6 Å². The molecule has 27 heavy (non-hydrogen) atoms. The molecule has 0 aromatic rings. The Hall–Kier alpha value is -0.860. The third kappa shape index (κ3) is 4.12. The lowest BCUT2D eigenvalue weighted by Crippen LogP contribution is -2.52. The van der Waals surface area contributed by atoms with Gasteiger partial charge in [0.05, 0.1) is 12.7 Å². The Bertz CT molecular complexity index is 549. The molecule has 3 unspecified atom stereocenters. The molecule has 0 bridgehead atoms. The van der Waals surface area contributed by atoms with Gasteiger partial charge in [-0.05, 0) is 70.3 Å². The lowest BCUT2D eigenvalue weighted by molar-refractivity contribution is -0.295. The van der Waals surface area contributed by atoms with Gasteiger partial charge in [-0.1, -0.05) is 0 Å². The zero-order chi connectivity index (χ0) is 19.9. The SMILES string of the molecule is CO[C@H](C)COC1(C(F)(F)F)CCC(C2CC23CC(C(N)=O)CCN3)CC1. The summed E-state index contributed by atoms with van der Waals surface area (Å²) in [6, 6.07) is 0. The Labute approximate surface area is 158 Å². The summed E-state index contributed by atoms with van der Waals surface area (Å²) in [5.41, 5.74) is 3.32. The molecular formula is C19H31F3N2O3. The fourth-order valence-corrected chi connectivity index (χ4v) is 5.10. The number of carbonyl (C=O) groups excluding carboxylic acids is 1. The highest BCUT2D eigenvalue weighted by Crippen LogP contribution is 2.59. The van der Waals surface area contributed by atoms with Gasteiger partial charge < -0.3 is 20.5 Å². The zero-order valence-corrected chi connectivity index (χ0v) is 16.1. The van der Waals surface area contributed by atoms with Crippen LogP contribution in [0.1, 0.15) is 51.9 Å². The monoisotopic (exact) mass is 392 g/mol. The van der Waals surface area contributed by atoms with E-state index in [4.69, 9.17) is 15.2 Å². The van der Waals surface area contributed by atoms with E-state index in [-0.39, 0.29) is 48.8 Å². The van der Waals surface area contributed by atoms with Crippen LogP contribution in [0, 0.1) is 17.8 Å². The van der Waals surface area contributed by atoms with E-state index in [9.17, 15) is 18.0 Å². The first kappa shape index (κ1) is 20.9. The van der Waals surface area contributed by atoms with Crippen LogP contribution in [0.15, 0.2) is 0 Å². The minimum absolute atomic E-state index is 0.0105. The van der Waals surface area contributed by atoms with Gasteiger partial charge in [-0.15, -0.1) is 0 Å². The topological polar surface area (TPSA) is 73.6 Å². The molecule has 3 N–H and O–H groups in total. The molecule has 156 valence electrons. The van der Waals surface area contributed by atoms with Crippen LogP contribution in [0.4, 0.5) is 13.2 Å². The van der Waals surface area contributed by atoms with Crippen molar-refractivity contribution >= 4 is 5.91 Å². The molecule has 1 aliphatic heterocycles. The summed E-state index contributed by atoms with van der Waals surface area (Å²) in [7, 11) is 1.47. The van der Waals surface area contributed by atoms with Crippen LogP contribution in [0.25, 0.3) is 0 Å². The minimum atomic E-state index is -4.38. The molecule has 1 spiro atoms. The minimum Gasteiger partial charge on any atom is -0.379 e. The van der Waals surface area contributed by atoms with Gasteiger partial charge in [0.25, 0.3) is 0 Å². The van der Waals surface area contributed by atoms with Crippen molar-refractivity contribution in [2.75, 3.05) is 20.3 Å². The summed E-state index contributed by atoms with van der Waals surface area (Å²) in [5, 5.41) is 3.52. The number of carbonyl (C=O) groups is 1. The van der Waals surface area contributed by atoms with Crippen LogP contribution in [0.2, 0.25) is 0 Å². The average Bonchev–Trinajstić information content (AvgIpc) is 3.31. The van der Waals surface area contributed by atoms with Crippen molar-refractivity contribution in [2.45, 2.75) is 75.3 Å². The van der Waals surface area contributed by atoms with E-state index >= 15 is 0 Å². The van der Waals surface area contributed by atoms with Crippen molar-refractivity contribution in [2.24, 2.45) is 23.5 Å². The van der Waals surface area contributed by atoms with Gasteiger partial charge >= 0.3 is 6.18 Å². The summed E-state index contributed by atoms with van der Waals surface area (Å²) < 4.78 is 51.7. The number of piperidine rings is 1. The van der Waals surface area contributed by atoms with E-state index < -0.39 is 11.8 Å². The van der Waals surface area contributed by atoms with E-state index in [1.807, 2.05) is 0 Å². The van der Waals surface area contributed by atoms with Crippen LogP contribution in [-0.2, 0) is 14.3 Å². The van der Waals surface area contributed by atoms with Gasteiger partial charge in [0, 0.05) is 18.6 Å². The Morgan fingerprint density at radius 3 is 2.48 bits per heavy atom. The third-order valence-electron chi connectivity index (χ3n) is 7.04. The van der Waals surface area contributed by atoms with E-state index in [0.29, 0.717) is 18.8 Å². The summed E-state index contributed by atoms with van der Waals surface area (Å²) in [6.07, 6.45) is -1.38. The lowest BCUT2D eigenvalue weighted by Gasteiger charge is -2.42. The molecule has 4 atom stereocenters. The van der Waals surface area contributed by atoms with E-state index in [1.165, 1.54) is 7.11 Å². The standard InChI is InChI=1S/C19H31F3N2O3/c1-12(26-2)11-27-18(19(20,21)22)6-3-13(4-7-18)15-10-17(15)9-14(16(23)25)5-8-24-17/h12-15,24H,3-11H2,1-2H3,(H2,23,25)/t12-,13?,14?,15?,17?,18?/m1/s1. The van der Waals surface area contributed by atoms with Gasteiger partial charge in [0.2, 0.25) is 5.91 Å². The van der Waals surface area contributed by atoms with E-state index in [2.05, 4.69) is 5.32 Å². The lowest BCUT2D eigenvalue weighted by atomic mass is 9.74. The number of ether oxygens (including phenoxy) is 2. The molecule has 2 aliphatic carbocycles. The zero-order valence-electron chi connectivity index (χ0n) is 16.1. The van der Waals surface area contributed by atoms with Crippen LogP contribution < -0.4 is 11.1 Å². The molecule has 0 radical (unpaired) electrons. The summed E-state index contributed by atoms with van der Waals surface area (Å²) >= 11 is 0. The second-order valence-corrected chi connectivity index (χ2v) is 8.67. The maximum Gasteiger partial charge on any atom is 0.417 e. The average molecular weight is 392 g/mol. The van der Waals surface area contributed by atoms with Crippen LogP contribution in [0.3, 0.4) is 0 Å². The predicted molar refractivity (Wildman–Crippen MR) is 93.9 cm³/mol. The van der Waals surface area contributed by atoms with E-state index in [0.717, 1.165) is 25.8 Å². The number of nitrogens with two attached hydrogens (primary N) is 1. The van der Waals surface area contributed by atoms with Gasteiger partial charge in [0.15, 0.2) is 5.60 Å². The van der Waals surface area contributed by atoms with Crippen LogP contribution in [0.5, 0.6) is 0 Å². The normalized spacial score (nSPS) is 40.7. The highest BCUT2D eigenvalue weighted by Gasteiger charge is 2.63. The molecule has 0 aromatic heterocycles. The third-order valence-corrected chi connectivity index (χ3v) is 7.04. The second-order valence-electron chi connectivity index (χ2n) is 8.67. The fraction of sp³-hybridized carbons (Fsp3) is 0.947.